The van der Waals surface area contributed by atoms with Gasteiger partial charge in [-0.2, -0.15) is 0 Å². The van der Waals surface area contributed by atoms with Gasteiger partial charge in [0, 0.05) is 43.4 Å². The van der Waals surface area contributed by atoms with Gasteiger partial charge in [0.15, 0.2) is 11.3 Å². The largest absolute Gasteiger partial charge is 0.452 e. The zero-order chi connectivity index (χ0) is 26.8. The third kappa shape index (κ3) is 4.55. The van der Waals surface area contributed by atoms with Crippen LogP contribution in [0.1, 0.15) is 43.0 Å². The van der Waals surface area contributed by atoms with Gasteiger partial charge in [0.1, 0.15) is 11.2 Å². The fourth-order valence-corrected chi connectivity index (χ4v) is 4.16. The van der Waals surface area contributed by atoms with Crippen molar-refractivity contribution in [1.82, 2.24) is 25.6 Å². The van der Waals surface area contributed by atoms with Crippen LogP contribution in [-0.4, -0.2) is 26.8 Å². The highest BCUT2D eigenvalue weighted by molar-refractivity contribution is 6.08. The molecule has 190 valence electrons. The first kappa shape index (κ1) is 24.6. The molecule has 0 fully saturated rings. The summed E-state index contributed by atoms with van der Waals surface area (Å²) in [7, 11) is 0. The fraction of sp³-hybridized carbons (Fsp3) is 0.143. The Labute approximate surface area is 217 Å². The van der Waals surface area contributed by atoms with Crippen LogP contribution < -0.4 is 21.8 Å². The van der Waals surface area contributed by atoms with Crippen LogP contribution >= 0.6 is 0 Å². The molecule has 1 aliphatic carbocycles. The van der Waals surface area contributed by atoms with Crippen molar-refractivity contribution in [2.45, 2.75) is 26.9 Å². The van der Waals surface area contributed by atoms with Gasteiger partial charge in [-0.25, -0.2) is 4.98 Å². The molecule has 0 saturated carbocycles. The van der Waals surface area contributed by atoms with E-state index in [1.807, 2.05) is 19.1 Å². The molecule has 4 N–H and O–H groups in total. The Morgan fingerprint density at radius 2 is 1.55 bits per heavy atom. The third-order valence-corrected chi connectivity index (χ3v) is 6.23. The Bertz CT molecular complexity index is 1700. The zero-order valence-electron chi connectivity index (χ0n) is 20.7. The molecule has 3 aromatic rings. The van der Waals surface area contributed by atoms with Crippen LogP contribution in [0.15, 0.2) is 70.4 Å². The van der Waals surface area contributed by atoms with E-state index in [1.54, 1.807) is 56.0 Å². The van der Waals surface area contributed by atoms with Crippen molar-refractivity contribution in [3.63, 3.8) is 0 Å². The van der Waals surface area contributed by atoms with Crippen molar-refractivity contribution in [3.8, 4) is 11.5 Å². The first-order valence-electron chi connectivity index (χ1n) is 11.9. The molecule has 5 rings (SSSR count). The molecular weight excluding hydrogens is 484 g/mol. The lowest BCUT2D eigenvalue weighted by molar-refractivity contribution is 0.0944. The third-order valence-electron chi connectivity index (χ3n) is 6.23. The summed E-state index contributed by atoms with van der Waals surface area (Å²) in [5.41, 5.74) is 8.77. The number of hydrogen-bond donors (Lipinski definition) is 3. The van der Waals surface area contributed by atoms with Gasteiger partial charge in [0.05, 0.1) is 16.8 Å². The van der Waals surface area contributed by atoms with E-state index in [1.165, 1.54) is 0 Å². The number of nitrogens with zero attached hydrogens (tertiary/aromatic N) is 3. The normalized spacial score (nSPS) is 11.0. The molecule has 10 nitrogen and oxygen atoms in total. The van der Waals surface area contributed by atoms with E-state index >= 15 is 0 Å². The first-order valence-corrected chi connectivity index (χ1v) is 11.9. The molecule has 0 bridgehead atoms. The highest BCUT2D eigenvalue weighted by Gasteiger charge is 2.29. The van der Waals surface area contributed by atoms with Crippen molar-refractivity contribution < 1.29 is 14.0 Å². The molecule has 2 aliphatic rings. The van der Waals surface area contributed by atoms with Crippen LogP contribution in [0.4, 0.5) is 5.69 Å². The van der Waals surface area contributed by atoms with Crippen LogP contribution in [0.2, 0.25) is 0 Å². The summed E-state index contributed by atoms with van der Waals surface area (Å²) in [4.78, 5) is 52.2. The maximum atomic E-state index is 13.3. The highest BCUT2D eigenvalue weighted by Crippen LogP contribution is 2.34. The van der Waals surface area contributed by atoms with E-state index in [9.17, 15) is 14.4 Å². The molecule has 38 heavy (non-hydrogen) atoms. The van der Waals surface area contributed by atoms with Gasteiger partial charge >= 0.3 is 0 Å². The number of amides is 2. The number of nitrogen functional groups attached to an aromatic ring is 1. The molecule has 0 radical (unpaired) electrons. The number of aromatic nitrogens is 3. The molecule has 0 atom stereocenters. The number of aryl methyl sites for hydroxylation is 1. The van der Waals surface area contributed by atoms with E-state index in [0.717, 1.165) is 11.1 Å². The molecule has 0 unspecified atom stereocenters. The summed E-state index contributed by atoms with van der Waals surface area (Å²) in [6.07, 6.45) is 6.57. The van der Waals surface area contributed by atoms with Crippen LogP contribution in [0.5, 0.6) is 0 Å². The molecule has 1 aliphatic heterocycles. The van der Waals surface area contributed by atoms with Gasteiger partial charge in [-0.3, -0.25) is 24.4 Å². The van der Waals surface area contributed by atoms with E-state index in [-0.39, 0.29) is 58.3 Å². The van der Waals surface area contributed by atoms with Gasteiger partial charge in [0.2, 0.25) is 5.43 Å². The summed E-state index contributed by atoms with van der Waals surface area (Å²) in [6.45, 7) is 3.81. The van der Waals surface area contributed by atoms with Crippen LogP contribution in [0.3, 0.4) is 0 Å². The number of carbonyl (C=O) groups excluding carboxylic acids is 2. The monoisotopic (exact) mass is 508 g/mol. The molecular formula is C28H24N6O4. The fourth-order valence-electron chi connectivity index (χ4n) is 4.16. The Hall–Kier alpha value is -5.12. The first-order chi connectivity index (χ1) is 18.3. The van der Waals surface area contributed by atoms with Crippen LogP contribution in [0, 0.1) is 13.8 Å². The highest BCUT2D eigenvalue weighted by atomic mass is 16.3. The lowest BCUT2D eigenvalue weighted by atomic mass is 9.99. The van der Waals surface area contributed by atoms with Gasteiger partial charge in [0.25, 0.3) is 11.8 Å². The van der Waals surface area contributed by atoms with Gasteiger partial charge < -0.3 is 20.8 Å². The van der Waals surface area contributed by atoms with Crippen molar-refractivity contribution in [2.24, 2.45) is 0 Å². The molecule has 0 spiro atoms. The number of nitrogens with two attached hydrogens (primary N) is 1. The lowest BCUT2D eigenvalue weighted by Gasteiger charge is -2.17. The smallest absolute Gasteiger partial charge is 0.256 e. The Morgan fingerprint density at radius 1 is 0.921 bits per heavy atom. The standard InChI is InChI=1S/C28H24N6O4/c1-15-7-8-19(27(36)32-13-17-5-3-9-30-11-17)22-25(15)38-26-16(2)24(35)21(29)20(23(26)34-22)28(37)33-14-18-6-4-10-31-12-18/h3-12H,13-14,29H2,1-2H3,(H,32,36)(H,33,37). The zero-order valence-corrected chi connectivity index (χ0v) is 20.7. The number of nitrogens with one attached hydrogen (secondary N) is 2. The van der Waals surface area contributed by atoms with Crippen molar-refractivity contribution in [1.29, 1.82) is 0 Å². The number of hydrogen-bond acceptors (Lipinski definition) is 8. The second-order valence-electron chi connectivity index (χ2n) is 8.83. The summed E-state index contributed by atoms with van der Waals surface area (Å²) >= 11 is 0. The van der Waals surface area contributed by atoms with E-state index < -0.39 is 11.3 Å². The van der Waals surface area contributed by atoms with Crippen LogP contribution in [0.25, 0.3) is 22.6 Å². The number of rotatable bonds is 6. The maximum absolute atomic E-state index is 13.3. The topological polar surface area (TPSA) is 153 Å². The maximum Gasteiger partial charge on any atom is 0.256 e. The van der Waals surface area contributed by atoms with E-state index in [4.69, 9.17) is 15.1 Å². The van der Waals surface area contributed by atoms with Gasteiger partial charge in [-0.1, -0.05) is 18.2 Å². The molecule has 2 amide bonds. The number of carbonyl (C=O) groups is 2. The van der Waals surface area contributed by atoms with Gasteiger partial charge in [-0.05, 0) is 48.7 Å². The van der Waals surface area contributed by atoms with Crippen molar-refractivity contribution in [3.05, 3.63) is 105 Å². The molecule has 0 saturated heterocycles. The minimum absolute atomic E-state index is 0.0997. The van der Waals surface area contributed by atoms with Gasteiger partial charge in [-0.15, -0.1) is 0 Å². The Kier molecular flexibility index (Phi) is 6.53. The molecule has 1 aromatic carbocycles. The predicted molar refractivity (Wildman–Crippen MR) is 142 cm³/mol. The molecule has 2 aromatic heterocycles. The second kappa shape index (κ2) is 10.1. The minimum Gasteiger partial charge on any atom is -0.452 e. The van der Waals surface area contributed by atoms with E-state index in [2.05, 4.69) is 20.6 Å². The SMILES string of the molecule is Cc1c2oc3c(C)ccc(C(=O)NCc4cccnc4)c3nc-2c(C(=O)NCc2cccnc2)c(N)c1=O. The average molecular weight is 509 g/mol. The number of benzene rings is 2. The number of anilines is 1. The number of pyridine rings is 2. The summed E-state index contributed by atoms with van der Waals surface area (Å²) in [5.74, 6) is -0.835. The van der Waals surface area contributed by atoms with Crippen molar-refractivity contribution in [2.75, 3.05) is 5.73 Å². The quantitative estimate of drug-likeness (QED) is 0.234. The van der Waals surface area contributed by atoms with E-state index in [0.29, 0.717) is 11.1 Å². The predicted octanol–water partition coefficient (Wildman–Crippen LogP) is 3.14. The Balaban J connectivity index is 1.61. The summed E-state index contributed by atoms with van der Waals surface area (Å²) < 4.78 is 6.15. The summed E-state index contributed by atoms with van der Waals surface area (Å²) in [6, 6.07) is 10.6. The minimum atomic E-state index is -0.592. The second-order valence-corrected chi connectivity index (χ2v) is 8.83. The summed E-state index contributed by atoms with van der Waals surface area (Å²) in [5, 5.41) is 5.63. The number of fused-ring (bicyclic) bond motifs is 2. The molecule has 3 heterocycles. The molecule has 10 heteroatoms. The Morgan fingerprint density at radius 3 is 2.16 bits per heavy atom. The lowest BCUT2D eigenvalue weighted by Crippen LogP contribution is -2.29. The van der Waals surface area contributed by atoms with Crippen LogP contribution in [-0.2, 0) is 13.1 Å². The van der Waals surface area contributed by atoms with Crippen molar-refractivity contribution >= 4 is 28.6 Å². The average Bonchev–Trinajstić information content (AvgIpc) is 2.94.